The van der Waals surface area contributed by atoms with Crippen LogP contribution in [0, 0.1) is 0 Å². The minimum Gasteiger partial charge on any atom is -0.325 e. The lowest BCUT2D eigenvalue weighted by molar-refractivity contribution is 0.354. The van der Waals surface area contributed by atoms with Gasteiger partial charge in [-0.1, -0.05) is 23.5 Å². The molecule has 0 heterocycles. The average Bonchev–Trinajstić information content (AvgIpc) is 2.47. The van der Waals surface area contributed by atoms with Crippen molar-refractivity contribution < 1.29 is 9.05 Å². The Balaban J connectivity index is 2.62. The fourth-order valence-corrected chi connectivity index (χ4v) is 7.90. The molecular formula is C13H21O2PS4. The standard InChI is InChI=1S/C13H21O2PS4/c1-13(2,11-6-8-12(18-5)9-7-11)19-10-20-16(17,14-3)15-4/h6-9H,10H2,1-5H3. The van der Waals surface area contributed by atoms with E-state index in [-0.39, 0.29) is 4.75 Å². The van der Waals surface area contributed by atoms with E-state index in [0.29, 0.717) is 0 Å². The molecule has 0 amide bonds. The topological polar surface area (TPSA) is 18.5 Å². The van der Waals surface area contributed by atoms with Gasteiger partial charge in [0.25, 0.3) is 0 Å². The Morgan fingerprint density at radius 2 is 1.70 bits per heavy atom. The number of hydrogen-bond donors (Lipinski definition) is 0. The van der Waals surface area contributed by atoms with Gasteiger partial charge < -0.3 is 9.05 Å². The van der Waals surface area contributed by atoms with Gasteiger partial charge in [0.1, 0.15) is 0 Å². The summed E-state index contributed by atoms with van der Waals surface area (Å²) in [6.45, 7) is 4.46. The zero-order valence-corrected chi connectivity index (χ0v) is 16.6. The van der Waals surface area contributed by atoms with Crippen molar-refractivity contribution in [3.63, 3.8) is 0 Å². The van der Waals surface area contributed by atoms with Crippen LogP contribution < -0.4 is 0 Å². The normalized spacial score (nSPS) is 12.7. The molecule has 1 rings (SSSR count). The number of benzene rings is 1. The molecule has 0 radical (unpaired) electrons. The first-order valence-electron chi connectivity index (χ1n) is 6.01. The number of thioether (sulfide) groups is 2. The van der Waals surface area contributed by atoms with Crippen LogP contribution in [0.25, 0.3) is 0 Å². The summed E-state index contributed by atoms with van der Waals surface area (Å²) in [5.74, 6) is 0. The van der Waals surface area contributed by atoms with Gasteiger partial charge in [-0.3, -0.25) is 0 Å². The molecule has 0 N–H and O–H groups in total. The summed E-state index contributed by atoms with van der Waals surface area (Å²) in [4.78, 5) is 1.29. The summed E-state index contributed by atoms with van der Waals surface area (Å²) in [7, 11) is 3.24. The molecule has 0 bridgehead atoms. The fraction of sp³-hybridized carbons (Fsp3) is 0.538. The molecule has 0 aliphatic heterocycles. The molecule has 114 valence electrons. The van der Waals surface area contributed by atoms with E-state index < -0.39 is 5.69 Å². The zero-order chi connectivity index (χ0) is 15.2. The summed E-state index contributed by atoms with van der Waals surface area (Å²) < 4.78 is 10.6. The van der Waals surface area contributed by atoms with Gasteiger partial charge in [-0.05, 0) is 49.6 Å². The Hall–Kier alpha value is 0.840. The van der Waals surface area contributed by atoms with Crippen molar-refractivity contribution >= 4 is 52.4 Å². The third-order valence-corrected chi connectivity index (χ3v) is 11.3. The molecule has 0 unspecified atom stereocenters. The average molecular weight is 369 g/mol. The van der Waals surface area contributed by atoms with Gasteiger partial charge in [0.2, 0.25) is 5.69 Å². The zero-order valence-electron chi connectivity index (χ0n) is 12.4. The van der Waals surface area contributed by atoms with E-state index in [2.05, 4.69) is 44.4 Å². The fourth-order valence-electron chi connectivity index (χ4n) is 1.49. The maximum absolute atomic E-state index is 5.36. The SMILES string of the molecule is COP(=S)(OC)SCSC(C)(C)c1ccc(SC)cc1. The molecule has 0 aliphatic carbocycles. The van der Waals surface area contributed by atoms with Gasteiger partial charge in [0.05, 0.1) is 0 Å². The Kier molecular flexibility index (Phi) is 8.00. The highest BCUT2D eigenvalue weighted by molar-refractivity contribution is 8.69. The highest BCUT2D eigenvalue weighted by Gasteiger charge is 2.23. The molecule has 1 aromatic carbocycles. The lowest BCUT2D eigenvalue weighted by atomic mass is 10.0. The van der Waals surface area contributed by atoms with Crippen LogP contribution in [0.2, 0.25) is 0 Å². The van der Waals surface area contributed by atoms with E-state index in [1.807, 2.05) is 11.8 Å². The number of rotatable bonds is 8. The van der Waals surface area contributed by atoms with Gasteiger partial charge >= 0.3 is 0 Å². The van der Waals surface area contributed by atoms with Crippen molar-refractivity contribution in [2.75, 3.05) is 25.6 Å². The van der Waals surface area contributed by atoms with E-state index >= 15 is 0 Å². The van der Waals surface area contributed by atoms with Crippen LogP contribution in [0.15, 0.2) is 29.2 Å². The minimum atomic E-state index is -2.15. The van der Waals surface area contributed by atoms with Crippen LogP contribution >= 0.6 is 40.6 Å². The molecule has 2 nitrogen and oxygen atoms in total. The van der Waals surface area contributed by atoms with Crippen LogP contribution in [0.5, 0.6) is 0 Å². The van der Waals surface area contributed by atoms with E-state index in [0.717, 1.165) is 5.08 Å². The van der Waals surface area contributed by atoms with E-state index in [4.69, 9.17) is 20.9 Å². The molecule has 0 saturated carbocycles. The molecule has 0 spiro atoms. The first-order chi connectivity index (χ1) is 9.37. The van der Waals surface area contributed by atoms with Crippen molar-refractivity contribution in [2.45, 2.75) is 23.5 Å². The largest absolute Gasteiger partial charge is 0.325 e. The summed E-state index contributed by atoms with van der Waals surface area (Å²) in [5, 5.41) is 0.857. The Labute approximate surface area is 140 Å². The molecule has 7 heteroatoms. The maximum Gasteiger partial charge on any atom is 0.247 e. The summed E-state index contributed by atoms with van der Waals surface area (Å²) in [6, 6.07) is 8.74. The number of hydrogen-bond acceptors (Lipinski definition) is 6. The molecule has 1 aromatic rings. The molecule has 0 aliphatic rings. The molecular weight excluding hydrogens is 347 g/mol. The first-order valence-corrected chi connectivity index (χ1v) is 12.5. The highest BCUT2D eigenvalue weighted by atomic mass is 32.9. The van der Waals surface area contributed by atoms with Crippen molar-refractivity contribution in [3.8, 4) is 0 Å². The molecule has 0 atom stereocenters. The van der Waals surface area contributed by atoms with Crippen LogP contribution in [0.1, 0.15) is 19.4 Å². The van der Waals surface area contributed by atoms with Gasteiger partial charge in [0, 0.05) is 28.9 Å². The Morgan fingerprint density at radius 3 is 2.15 bits per heavy atom. The monoisotopic (exact) mass is 368 g/mol. The van der Waals surface area contributed by atoms with Gasteiger partial charge in [0.15, 0.2) is 0 Å². The third-order valence-electron chi connectivity index (χ3n) is 2.86. The van der Waals surface area contributed by atoms with Gasteiger partial charge in [-0.25, -0.2) is 0 Å². The van der Waals surface area contributed by atoms with E-state index in [1.54, 1.807) is 37.4 Å². The second-order valence-electron chi connectivity index (χ2n) is 4.44. The minimum absolute atomic E-state index is 0.0472. The Morgan fingerprint density at radius 1 is 1.15 bits per heavy atom. The predicted molar refractivity (Wildman–Crippen MR) is 99.6 cm³/mol. The van der Waals surface area contributed by atoms with E-state index in [1.165, 1.54) is 10.5 Å². The van der Waals surface area contributed by atoms with Crippen LogP contribution in [0.3, 0.4) is 0 Å². The van der Waals surface area contributed by atoms with Crippen LogP contribution in [-0.2, 0) is 25.6 Å². The van der Waals surface area contributed by atoms with Crippen molar-refractivity contribution in [3.05, 3.63) is 29.8 Å². The third kappa shape index (κ3) is 5.56. The summed E-state index contributed by atoms with van der Waals surface area (Å²) >= 11 is 10.6. The van der Waals surface area contributed by atoms with Crippen molar-refractivity contribution in [1.29, 1.82) is 0 Å². The quantitative estimate of drug-likeness (QED) is 0.336. The second-order valence-corrected chi connectivity index (χ2v) is 13.8. The summed E-state index contributed by atoms with van der Waals surface area (Å²) in [5.41, 5.74) is -0.822. The van der Waals surface area contributed by atoms with Crippen molar-refractivity contribution in [1.82, 2.24) is 0 Å². The van der Waals surface area contributed by atoms with Crippen LogP contribution in [-0.4, -0.2) is 25.6 Å². The second kappa shape index (κ2) is 8.47. The molecule has 0 aromatic heterocycles. The highest BCUT2D eigenvalue weighted by Crippen LogP contribution is 2.61. The summed E-state index contributed by atoms with van der Waals surface area (Å²) in [6.07, 6.45) is 2.09. The molecule has 0 fully saturated rings. The van der Waals surface area contributed by atoms with Gasteiger partial charge in [-0.2, -0.15) is 0 Å². The molecule has 0 saturated heterocycles. The van der Waals surface area contributed by atoms with Gasteiger partial charge in [-0.15, -0.1) is 23.5 Å². The van der Waals surface area contributed by atoms with E-state index in [9.17, 15) is 0 Å². The lowest BCUT2D eigenvalue weighted by Gasteiger charge is -2.26. The predicted octanol–water partition coefficient (Wildman–Crippen LogP) is 5.58. The smallest absolute Gasteiger partial charge is 0.247 e. The van der Waals surface area contributed by atoms with Crippen LogP contribution in [0.4, 0.5) is 0 Å². The molecule has 20 heavy (non-hydrogen) atoms. The van der Waals surface area contributed by atoms with Crippen molar-refractivity contribution in [2.24, 2.45) is 0 Å². The first kappa shape index (κ1) is 18.9. The Bertz CT molecular complexity index is 454. The lowest BCUT2D eigenvalue weighted by Crippen LogP contribution is -2.12. The maximum atomic E-state index is 5.36.